The summed E-state index contributed by atoms with van der Waals surface area (Å²) in [5.41, 5.74) is 2.81. The standard InChI is InChI=1S/C16H19N5O3/c1-10(21-24-4)11-6-5-7-13(15(11)23-3)19-12-8-9-18-20-14(12)16(22)17-2/h5-9H,1-4H3,(H,17,22)(H,18,19). The number of para-hydroxylation sites is 1. The van der Waals surface area contributed by atoms with Crippen molar-refractivity contribution in [2.75, 3.05) is 26.6 Å². The molecular formula is C16H19N5O3. The number of methoxy groups -OCH3 is 1. The van der Waals surface area contributed by atoms with Crippen molar-refractivity contribution in [2.45, 2.75) is 6.92 Å². The fourth-order valence-electron chi connectivity index (χ4n) is 2.19. The number of nitrogens with one attached hydrogen (secondary N) is 2. The summed E-state index contributed by atoms with van der Waals surface area (Å²) in [5.74, 6) is 0.244. The average molecular weight is 329 g/mol. The zero-order valence-electron chi connectivity index (χ0n) is 14.0. The summed E-state index contributed by atoms with van der Waals surface area (Å²) in [5, 5.41) is 17.3. The predicted molar refractivity (Wildman–Crippen MR) is 90.9 cm³/mol. The topological polar surface area (TPSA) is 97.7 Å². The second-order valence-electron chi connectivity index (χ2n) is 4.74. The van der Waals surface area contributed by atoms with Crippen LogP contribution in [0.3, 0.4) is 0 Å². The van der Waals surface area contributed by atoms with Crippen molar-refractivity contribution in [3.63, 3.8) is 0 Å². The lowest BCUT2D eigenvalue weighted by atomic mass is 10.1. The van der Waals surface area contributed by atoms with Gasteiger partial charge < -0.3 is 20.2 Å². The minimum atomic E-state index is -0.335. The van der Waals surface area contributed by atoms with Gasteiger partial charge in [-0.25, -0.2) is 0 Å². The number of nitrogens with zero attached hydrogens (tertiary/aromatic N) is 3. The molecule has 2 N–H and O–H groups in total. The molecular weight excluding hydrogens is 310 g/mol. The van der Waals surface area contributed by atoms with Crippen molar-refractivity contribution in [2.24, 2.45) is 5.16 Å². The Kier molecular flexibility index (Phi) is 5.67. The van der Waals surface area contributed by atoms with Gasteiger partial charge >= 0.3 is 0 Å². The van der Waals surface area contributed by atoms with Gasteiger partial charge in [-0.05, 0) is 25.1 Å². The number of rotatable bonds is 6. The highest BCUT2D eigenvalue weighted by molar-refractivity contribution is 6.03. The molecule has 1 aromatic heterocycles. The van der Waals surface area contributed by atoms with Crippen molar-refractivity contribution in [3.05, 3.63) is 41.7 Å². The lowest BCUT2D eigenvalue weighted by Gasteiger charge is -2.15. The van der Waals surface area contributed by atoms with Crippen LogP contribution in [0.4, 0.5) is 11.4 Å². The number of ether oxygens (including phenoxy) is 1. The lowest BCUT2D eigenvalue weighted by molar-refractivity contribution is 0.0958. The molecule has 0 aliphatic heterocycles. The van der Waals surface area contributed by atoms with E-state index >= 15 is 0 Å². The van der Waals surface area contributed by atoms with E-state index in [1.165, 1.54) is 20.4 Å². The van der Waals surface area contributed by atoms with Gasteiger partial charge in [0.05, 0.1) is 30.4 Å². The van der Waals surface area contributed by atoms with E-state index in [1.807, 2.05) is 25.1 Å². The Morgan fingerprint density at radius 2 is 2.00 bits per heavy atom. The maximum atomic E-state index is 11.9. The normalized spacial score (nSPS) is 10.9. The lowest BCUT2D eigenvalue weighted by Crippen LogP contribution is -2.21. The molecule has 0 saturated heterocycles. The van der Waals surface area contributed by atoms with E-state index in [-0.39, 0.29) is 11.6 Å². The molecule has 2 rings (SSSR count). The monoisotopic (exact) mass is 329 g/mol. The second-order valence-corrected chi connectivity index (χ2v) is 4.74. The summed E-state index contributed by atoms with van der Waals surface area (Å²) in [4.78, 5) is 16.7. The predicted octanol–water partition coefficient (Wildman–Crippen LogP) is 1.96. The van der Waals surface area contributed by atoms with Gasteiger partial charge in [0.25, 0.3) is 5.91 Å². The Balaban J connectivity index is 2.46. The summed E-state index contributed by atoms with van der Waals surface area (Å²) in [6.45, 7) is 1.81. The van der Waals surface area contributed by atoms with Crippen LogP contribution >= 0.6 is 0 Å². The minimum Gasteiger partial charge on any atom is -0.494 e. The number of amides is 1. The molecule has 8 heteroatoms. The van der Waals surface area contributed by atoms with Gasteiger partial charge in [-0.3, -0.25) is 4.79 Å². The van der Waals surface area contributed by atoms with Crippen LogP contribution in [0, 0.1) is 0 Å². The van der Waals surface area contributed by atoms with Crippen LogP contribution in [0.5, 0.6) is 5.75 Å². The molecule has 0 unspecified atom stereocenters. The molecule has 1 aromatic carbocycles. The fraction of sp³-hybridized carbons (Fsp3) is 0.250. The number of aromatic nitrogens is 2. The van der Waals surface area contributed by atoms with E-state index in [2.05, 4.69) is 26.0 Å². The Morgan fingerprint density at radius 3 is 2.67 bits per heavy atom. The Bertz CT molecular complexity index is 761. The first kappa shape index (κ1) is 17.2. The van der Waals surface area contributed by atoms with E-state index < -0.39 is 0 Å². The van der Waals surface area contributed by atoms with Crippen LogP contribution in [0.2, 0.25) is 0 Å². The molecule has 24 heavy (non-hydrogen) atoms. The van der Waals surface area contributed by atoms with E-state index in [0.717, 1.165) is 5.56 Å². The van der Waals surface area contributed by atoms with Crippen LogP contribution in [0.25, 0.3) is 0 Å². The van der Waals surface area contributed by atoms with Crippen LogP contribution in [0.15, 0.2) is 35.6 Å². The quantitative estimate of drug-likeness (QED) is 0.621. The third-order valence-electron chi connectivity index (χ3n) is 3.27. The zero-order chi connectivity index (χ0) is 17.5. The molecule has 0 saturated carbocycles. The molecule has 0 spiro atoms. The van der Waals surface area contributed by atoms with E-state index in [0.29, 0.717) is 22.8 Å². The van der Waals surface area contributed by atoms with Gasteiger partial charge in [0.15, 0.2) is 11.4 Å². The number of hydrogen-bond acceptors (Lipinski definition) is 7. The van der Waals surface area contributed by atoms with Crippen molar-refractivity contribution in [1.29, 1.82) is 0 Å². The number of carbonyl (C=O) groups excluding carboxylic acids is 1. The largest absolute Gasteiger partial charge is 0.494 e. The van der Waals surface area contributed by atoms with Crippen molar-refractivity contribution >= 4 is 23.0 Å². The van der Waals surface area contributed by atoms with Crippen LogP contribution in [-0.4, -0.2) is 43.1 Å². The van der Waals surface area contributed by atoms with Gasteiger partial charge in [-0.1, -0.05) is 11.2 Å². The molecule has 0 aliphatic rings. The van der Waals surface area contributed by atoms with E-state index in [9.17, 15) is 4.79 Å². The Morgan fingerprint density at radius 1 is 1.21 bits per heavy atom. The smallest absolute Gasteiger partial charge is 0.273 e. The van der Waals surface area contributed by atoms with Gasteiger partial charge in [0, 0.05) is 12.6 Å². The first-order valence-corrected chi connectivity index (χ1v) is 7.18. The summed E-state index contributed by atoms with van der Waals surface area (Å²) in [6.07, 6.45) is 1.50. The van der Waals surface area contributed by atoms with Crippen molar-refractivity contribution in [1.82, 2.24) is 15.5 Å². The summed E-state index contributed by atoms with van der Waals surface area (Å²) in [7, 11) is 4.58. The summed E-state index contributed by atoms with van der Waals surface area (Å²) >= 11 is 0. The van der Waals surface area contributed by atoms with E-state index in [4.69, 9.17) is 9.57 Å². The molecule has 2 aromatic rings. The first-order chi connectivity index (χ1) is 11.6. The van der Waals surface area contributed by atoms with Crippen LogP contribution in [0.1, 0.15) is 23.0 Å². The summed E-state index contributed by atoms with van der Waals surface area (Å²) < 4.78 is 5.51. The zero-order valence-corrected chi connectivity index (χ0v) is 14.0. The maximum absolute atomic E-state index is 11.9. The van der Waals surface area contributed by atoms with Crippen molar-refractivity contribution in [3.8, 4) is 5.75 Å². The molecule has 1 heterocycles. The fourth-order valence-corrected chi connectivity index (χ4v) is 2.19. The molecule has 126 valence electrons. The van der Waals surface area contributed by atoms with Gasteiger partial charge in [0.1, 0.15) is 7.11 Å². The molecule has 0 fully saturated rings. The molecule has 0 bridgehead atoms. The number of benzene rings is 1. The van der Waals surface area contributed by atoms with Crippen LogP contribution in [-0.2, 0) is 4.84 Å². The van der Waals surface area contributed by atoms with Gasteiger partial charge in [-0.15, -0.1) is 5.10 Å². The molecule has 0 atom stereocenters. The Hall–Kier alpha value is -3.16. The number of oxime groups is 1. The first-order valence-electron chi connectivity index (χ1n) is 7.18. The third-order valence-corrected chi connectivity index (χ3v) is 3.27. The molecule has 0 radical (unpaired) electrons. The minimum absolute atomic E-state index is 0.190. The second kappa shape index (κ2) is 7.91. The number of carbonyl (C=O) groups is 1. The summed E-state index contributed by atoms with van der Waals surface area (Å²) in [6, 6.07) is 7.21. The third kappa shape index (κ3) is 3.60. The number of anilines is 2. The van der Waals surface area contributed by atoms with E-state index in [1.54, 1.807) is 13.2 Å². The average Bonchev–Trinajstić information content (AvgIpc) is 2.61. The van der Waals surface area contributed by atoms with Crippen molar-refractivity contribution < 1.29 is 14.4 Å². The SMILES string of the molecule is CNC(=O)c1nnccc1Nc1cccc(C(C)=NOC)c1OC. The highest BCUT2D eigenvalue weighted by atomic mass is 16.6. The molecule has 1 amide bonds. The van der Waals surface area contributed by atoms with Gasteiger partial charge in [0.2, 0.25) is 0 Å². The van der Waals surface area contributed by atoms with Gasteiger partial charge in [-0.2, -0.15) is 5.10 Å². The molecule has 8 nitrogen and oxygen atoms in total. The maximum Gasteiger partial charge on any atom is 0.273 e. The number of hydrogen-bond donors (Lipinski definition) is 2. The Labute approximate surface area is 139 Å². The van der Waals surface area contributed by atoms with Crippen LogP contribution < -0.4 is 15.4 Å². The molecule has 0 aliphatic carbocycles. The highest BCUT2D eigenvalue weighted by Gasteiger charge is 2.16. The highest BCUT2D eigenvalue weighted by Crippen LogP contribution is 2.32.